The number of carbonyl (C=O) groups is 5. The average Bonchev–Trinajstić information content (AvgIpc) is 3.78. The fourth-order valence-corrected chi connectivity index (χ4v) is 7.92. The van der Waals surface area contributed by atoms with Crippen LogP contribution in [0, 0.1) is 5.92 Å². The summed E-state index contributed by atoms with van der Waals surface area (Å²) in [5, 5.41) is 22.5. The van der Waals surface area contributed by atoms with Crippen molar-refractivity contribution < 1.29 is 81.2 Å². The van der Waals surface area contributed by atoms with Crippen LogP contribution in [0.4, 0.5) is 21.0 Å². The smallest absolute Gasteiger partial charge is 0.411 e. The lowest BCUT2D eigenvalue weighted by Crippen LogP contribution is -2.53. The summed E-state index contributed by atoms with van der Waals surface area (Å²) >= 11 is 6.27. The molecule has 1 aliphatic rings. The van der Waals surface area contributed by atoms with Gasteiger partial charge in [0.15, 0.2) is 0 Å². The van der Waals surface area contributed by atoms with Crippen molar-refractivity contribution in [3.63, 3.8) is 0 Å². The summed E-state index contributed by atoms with van der Waals surface area (Å²) in [6, 6.07) is 12.7. The molecule has 5 amide bonds. The highest BCUT2D eigenvalue weighted by Gasteiger charge is 2.35. The van der Waals surface area contributed by atoms with Crippen molar-refractivity contribution in [2.24, 2.45) is 5.92 Å². The van der Waals surface area contributed by atoms with Gasteiger partial charge in [0.05, 0.1) is 124 Å². The van der Waals surface area contributed by atoms with Crippen LogP contribution in [0.15, 0.2) is 48.5 Å². The number of nitrogens with one attached hydrogen (secondary N) is 4. The van der Waals surface area contributed by atoms with Crippen molar-refractivity contribution in [1.82, 2.24) is 16.0 Å². The van der Waals surface area contributed by atoms with Crippen LogP contribution in [0.25, 0.3) is 10.8 Å². The molecule has 5 N–H and O–H groups in total. The minimum absolute atomic E-state index is 0.0194. The van der Waals surface area contributed by atoms with E-state index in [2.05, 4.69) is 21.3 Å². The molecule has 3 aromatic rings. The molecule has 77 heavy (non-hydrogen) atoms. The van der Waals surface area contributed by atoms with Gasteiger partial charge in [0, 0.05) is 42.8 Å². The molecule has 4 rings (SSSR count). The summed E-state index contributed by atoms with van der Waals surface area (Å²) in [7, 11) is 1.47. The van der Waals surface area contributed by atoms with Crippen LogP contribution < -0.4 is 35.6 Å². The average molecular weight is 1110 g/mol. The van der Waals surface area contributed by atoms with E-state index in [9.17, 15) is 29.1 Å². The first kappa shape index (κ1) is 64.0. The van der Waals surface area contributed by atoms with Crippen LogP contribution in [0.5, 0.6) is 11.5 Å². The Hall–Kier alpha value is -5.56. The first-order valence-electron chi connectivity index (χ1n) is 25.9. The fraction of sp³-hybridized carbons (Fsp3) is 0.611. The highest BCUT2D eigenvalue weighted by atomic mass is 35.5. The predicted molar refractivity (Wildman–Crippen MR) is 289 cm³/mol. The Bertz CT molecular complexity index is 2280. The number of alkyl halides is 1. The molecule has 0 aliphatic carbocycles. The highest BCUT2D eigenvalue weighted by Crippen LogP contribution is 2.45. The summed E-state index contributed by atoms with van der Waals surface area (Å²) in [6.45, 7) is 17.3. The monoisotopic (exact) mass is 1110 g/mol. The molecule has 1 aliphatic heterocycles. The Morgan fingerprint density at radius 3 is 1.73 bits per heavy atom. The van der Waals surface area contributed by atoms with Gasteiger partial charge in [0.25, 0.3) is 0 Å². The van der Waals surface area contributed by atoms with E-state index in [0.29, 0.717) is 122 Å². The zero-order valence-electron chi connectivity index (χ0n) is 45.6. The third-order valence-electron chi connectivity index (χ3n) is 11.5. The number of hydrogen-bond acceptors (Lipinski definition) is 16. The Balaban J connectivity index is 0.993. The van der Waals surface area contributed by atoms with Crippen molar-refractivity contribution in [1.29, 1.82) is 0 Å². The SMILES string of the molecule is COc1cc(COc2cc3c(c4ccccc24)[C@H](CCl)CN3C(=O)O)ccc1NC(=O)C(C)NC(=O)C(NC(=O)CCOCCOCCOCCOCCOCCOCCOCCOCCNC(=O)OC(C)(C)C)C(C)C. The van der Waals surface area contributed by atoms with Gasteiger partial charge in [-0.15, -0.1) is 11.6 Å². The summed E-state index contributed by atoms with van der Waals surface area (Å²) in [5.74, 6) is -0.693. The molecule has 3 atom stereocenters. The van der Waals surface area contributed by atoms with Crippen LogP contribution in [-0.4, -0.2) is 184 Å². The number of anilines is 2. The first-order chi connectivity index (χ1) is 37.0. The number of methoxy groups -OCH3 is 1. The largest absolute Gasteiger partial charge is 0.495 e. The molecule has 0 fully saturated rings. The number of alkyl carbamates (subject to hydrolysis) is 1. The standard InChI is InChI=1S/C54H80ClN5O17/c1-37(2)49(59-47(61)14-16-68-18-20-70-22-24-72-26-28-74-30-31-75-29-27-73-25-23-71-21-19-69-17-15-56-52(64)77-54(4,5)6)51(63)57-38(3)50(62)58-43-13-12-39(32-46(43)67-7)36-76-45-33-44-48(42-11-9-8-10-41(42)45)40(34-55)35-60(44)53(65)66/h8-13,32-33,37-38,40,49H,14-31,34-36H2,1-7H3,(H,56,64)(H,57,63)(H,58,62)(H,59,61)(H,65,66)/t38?,40-,49?/m1/s1. The van der Waals surface area contributed by atoms with Gasteiger partial charge in [-0.1, -0.05) is 44.2 Å². The molecule has 0 bridgehead atoms. The number of carboxylic acid groups (broad SMARTS) is 1. The lowest BCUT2D eigenvalue weighted by molar-refractivity contribution is -0.132. The zero-order valence-corrected chi connectivity index (χ0v) is 46.3. The molecular weight excluding hydrogens is 1030 g/mol. The topological polar surface area (TPSA) is 258 Å². The number of nitrogens with zero attached hydrogens (tertiary/aromatic N) is 1. The van der Waals surface area contributed by atoms with Gasteiger partial charge in [0.1, 0.15) is 35.8 Å². The maximum absolute atomic E-state index is 13.3. The van der Waals surface area contributed by atoms with Gasteiger partial charge in [-0.3, -0.25) is 19.3 Å². The van der Waals surface area contributed by atoms with Crippen molar-refractivity contribution in [2.45, 2.75) is 78.2 Å². The van der Waals surface area contributed by atoms with Gasteiger partial charge >= 0.3 is 12.2 Å². The molecule has 430 valence electrons. The molecule has 22 nitrogen and oxygen atoms in total. The Morgan fingerprint density at radius 2 is 1.22 bits per heavy atom. The normalized spacial score (nSPS) is 14.0. The first-order valence-corrected chi connectivity index (χ1v) is 26.5. The van der Waals surface area contributed by atoms with Crippen LogP contribution in [0.3, 0.4) is 0 Å². The summed E-state index contributed by atoms with van der Waals surface area (Å²) < 4.78 is 61.0. The van der Waals surface area contributed by atoms with Crippen LogP contribution in [0.1, 0.15) is 65.0 Å². The number of carbonyl (C=O) groups excluding carboxylic acids is 4. The van der Waals surface area contributed by atoms with Gasteiger partial charge in [-0.2, -0.15) is 0 Å². The van der Waals surface area contributed by atoms with E-state index in [-0.39, 0.29) is 56.4 Å². The Labute approximate surface area is 456 Å². The maximum Gasteiger partial charge on any atom is 0.411 e. The van der Waals surface area contributed by atoms with E-state index in [4.69, 9.17) is 63.7 Å². The third-order valence-corrected chi connectivity index (χ3v) is 11.8. The minimum Gasteiger partial charge on any atom is -0.495 e. The summed E-state index contributed by atoms with van der Waals surface area (Å²) in [6.07, 6.45) is -1.52. The van der Waals surface area contributed by atoms with E-state index in [1.165, 1.54) is 12.0 Å². The lowest BCUT2D eigenvalue weighted by Gasteiger charge is -2.24. The van der Waals surface area contributed by atoms with Gasteiger partial charge in [-0.05, 0) is 62.3 Å². The number of amides is 5. The maximum atomic E-state index is 13.3. The van der Waals surface area contributed by atoms with Gasteiger partial charge in [0.2, 0.25) is 17.7 Å². The summed E-state index contributed by atoms with van der Waals surface area (Å²) in [5.41, 5.74) is 1.97. The number of halogens is 1. The van der Waals surface area contributed by atoms with E-state index in [1.807, 2.05) is 24.3 Å². The summed E-state index contributed by atoms with van der Waals surface area (Å²) in [4.78, 5) is 64.4. The van der Waals surface area contributed by atoms with Crippen molar-refractivity contribution in [3.8, 4) is 11.5 Å². The second-order valence-corrected chi connectivity index (χ2v) is 19.3. The zero-order chi connectivity index (χ0) is 56.0. The lowest BCUT2D eigenvalue weighted by atomic mass is 9.95. The number of hydrogen-bond donors (Lipinski definition) is 5. The molecule has 23 heteroatoms. The molecule has 0 aromatic heterocycles. The molecule has 0 radical (unpaired) electrons. The van der Waals surface area contributed by atoms with Gasteiger partial charge in [-0.25, -0.2) is 9.59 Å². The molecule has 1 heterocycles. The Kier molecular flexibility index (Phi) is 29.1. The van der Waals surface area contributed by atoms with E-state index >= 15 is 0 Å². The second kappa shape index (κ2) is 35.1. The van der Waals surface area contributed by atoms with E-state index < -0.39 is 41.7 Å². The van der Waals surface area contributed by atoms with Crippen molar-refractivity contribution in [2.75, 3.05) is 142 Å². The molecule has 2 unspecified atom stereocenters. The van der Waals surface area contributed by atoms with Crippen LogP contribution in [0.2, 0.25) is 0 Å². The number of rotatable bonds is 38. The molecule has 0 saturated carbocycles. The number of ether oxygens (including phenoxy) is 11. The molecular formula is C54H80ClN5O17. The Morgan fingerprint density at radius 1 is 0.688 bits per heavy atom. The van der Waals surface area contributed by atoms with E-state index in [1.54, 1.807) is 65.8 Å². The highest BCUT2D eigenvalue weighted by molar-refractivity contribution is 6.19. The third kappa shape index (κ3) is 23.5. The molecule has 0 saturated heterocycles. The minimum atomic E-state index is -1.07. The van der Waals surface area contributed by atoms with E-state index in [0.717, 1.165) is 21.9 Å². The van der Waals surface area contributed by atoms with Crippen LogP contribution in [-0.2, 0) is 63.6 Å². The molecule has 3 aromatic carbocycles. The molecule has 0 spiro atoms. The quantitative estimate of drug-likeness (QED) is 0.0332. The van der Waals surface area contributed by atoms with Crippen molar-refractivity contribution in [3.05, 3.63) is 59.7 Å². The van der Waals surface area contributed by atoms with Gasteiger partial charge < -0.3 is 78.5 Å². The number of benzene rings is 3. The fourth-order valence-electron chi connectivity index (χ4n) is 7.67. The second-order valence-electron chi connectivity index (χ2n) is 19.0. The predicted octanol–water partition coefficient (Wildman–Crippen LogP) is 5.88. The van der Waals surface area contributed by atoms with Crippen LogP contribution >= 0.6 is 11.6 Å². The number of fused-ring (bicyclic) bond motifs is 3. The van der Waals surface area contributed by atoms with Crippen molar-refractivity contribution >= 4 is 63.7 Å².